The molecule has 0 aliphatic carbocycles. The summed E-state index contributed by atoms with van der Waals surface area (Å²) >= 11 is 0. The van der Waals surface area contributed by atoms with Crippen LogP contribution in [0.1, 0.15) is 11.7 Å². The maximum absolute atomic E-state index is 13.3. The first-order valence-corrected chi connectivity index (χ1v) is 4.94. The molecule has 16 heavy (non-hydrogen) atoms. The van der Waals surface area contributed by atoms with Crippen molar-refractivity contribution in [1.29, 1.82) is 0 Å². The lowest BCUT2D eigenvalue weighted by molar-refractivity contribution is 0.415. The van der Waals surface area contributed by atoms with Crippen LogP contribution in [0.25, 0.3) is 11.3 Å². The van der Waals surface area contributed by atoms with Gasteiger partial charge in [-0.25, -0.2) is 4.39 Å². The van der Waals surface area contributed by atoms with E-state index in [0.29, 0.717) is 5.56 Å². The van der Waals surface area contributed by atoms with Crippen LogP contribution in [0, 0.1) is 0 Å². The van der Waals surface area contributed by atoms with Crippen molar-refractivity contribution in [1.82, 2.24) is 9.97 Å². The third-order valence-corrected chi connectivity index (χ3v) is 2.30. The first-order chi connectivity index (χ1) is 7.81. The van der Waals surface area contributed by atoms with Gasteiger partial charge in [-0.1, -0.05) is 36.9 Å². The van der Waals surface area contributed by atoms with Crippen LogP contribution in [-0.4, -0.2) is 9.97 Å². The van der Waals surface area contributed by atoms with Gasteiger partial charge in [0.15, 0.2) is 0 Å². The summed E-state index contributed by atoms with van der Waals surface area (Å²) in [6, 6.07) is 7.12. The van der Waals surface area contributed by atoms with Crippen molar-refractivity contribution >= 4 is 0 Å². The van der Waals surface area contributed by atoms with Crippen molar-refractivity contribution in [3.05, 3.63) is 61.1 Å². The molecule has 0 aliphatic heterocycles. The van der Waals surface area contributed by atoms with Crippen molar-refractivity contribution < 1.29 is 4.39 Å². The molecule has 3 heteroatoms. The zero-order valence-electron chi connectivity index (χ0n) is 8.68. The van der Waals surface area contributed by atoms with Gasteiger partial charge in [-0.3, -0.25) is 9.97 Å². The summed E-state index contributed by atoms with van der Waals surface area (Å²) in [6.07, 6.45) is 5.08. The second-order valence-corrected chi connectivity index (χ2v) is 3.35. The number of rotatable bonds is 3. The summed E-state index contributed by atoms with van der Waals surface area (Å²) < 4.78 is 13.3. The Morgan fingerprint density at radius 1 is 1.19 bits per heavy atom. The molecular weight excluding hydrogens is 203 g/mol. The molecule has 2 aromatic rings. The van der Waals surface area contributed by atoms with Gasteiger partial charge in [-0.2, -0.15) is 0 Å². The average molecular weight is 214 g/mol. The predicted octanol–water partition coefficient (Wildman–Crippen LogP) is 3.34. The summed E-state index contributed by atoms with van der Waals surface area (Å²) in [5.74, 6) is 0. The molecule has 0 bridgehead atoms. The number of hydrogen-bond donors (Lipinski definition) is 0. The maximum Gasteiger partial charge on any atom is 0.143 e. The van der Waals surface area contributed by atoms with Crippen LogP contribution in [0.3, 0.4) is 0 Å². The zero-order valence-corrected chi connectivity index (χ0v) is 8.68. The summed E-state index contributed by atoms with van der Waals surface area (Å²) in [4.78, 5) is 8.15. The average Bonchev–Trinajstić information content (AvgIpc) is 2.39. The highest BCUT2D eigenvalue weighted by Crippen LogP contribution is 2.22. The monoisotopic (exact) mass is 214 g/mol. The highest BCUT2D eigenvalue weighted by atomic mass is 19.1. The molecule has 80 valence electrons. The van der Waals surface area contributed by atoms with E-state index in [4.69, 9.17) is 0 Å². The van der Waals surface area contributed by atoms with Gasteiger partial charge in [-0.15, -0.1) is 0 Å². The smallest absolute Gasteiger partial charge is 0.143 e. The summed E-state index contributed by atoms with van der Waals surface area (Å²) in [5.41, 5.74) is 2.30. The van der Waals surface area contributed by atoms with Gasteiger partial charge in [-0.05, 0) is 5.56 Å². The molecule has 0 fully saturated rings. The Morgan fingerprint density at radius 3 is 2.50 bits per heavy atom. The van der Waals surface area contributed by atoms with Crippen LogP contribution >= 0.6 is 0 Å². The van der Waals surface area contributed by atoms with Gasteiger partial charge in [0, 0.05) is 18.0 Å². The molecule has 0 aliphatic rings. The third kappa shape index (κ3) is 2.14. The standard InChI is InChI=1S/C13H11FN2/c1-2-12(14)10-3-5-11(6-4-10)13-9-15-7-8-16-13/h2-9,12H,1H2. The van der Waals surface area contributed by atoms with E-state index in [1.807, 2.05) is 12.1 Å². The van der Waals surface area contributed by atoms with Crippen LogP contribution in [0.5, 0.6) is 0 Å². The Kier molecular flexibility index (Phi) is 3.05. The van der Waals surface area contributed by atoms with E-state index in [1.165, 1.54) is 6.08 Å². The Balaban J connectivity index is 2.30. The number of halogens is 1. The fourth-order valence-corrected chi connectivity index (χ4v) is 1.42. The Hall–Kier alpha value is -2.03. The second-order valence-electron chi connectivity index (χ2n) is 3.35. The molecule has 1 aromatic carbocycles. The molecule has 1 atom stereocenters. The van der Waals surface area contributed by atoms with E-state index in [1.54, 1.807) is 30.7 Å². The van der Waals surface area contributed by atoms with Crippen molar-refractivity contribution in [2.75, 3.05) is 0 Å². The van der Waals surface area contributed by atoms with E-state index in [-0.39, 0.29) is 0 Å². The minimum Gasteiger partial charge on any atom is -0.261 e. The molecule has 0 radical (unpaired) electrons. The van der Waals surface area contributed by atoms with E-state index in [0.717, 1.165) is 11.3 Å². The second kappa shape index (κ2) is 4.66. The molecule has 0 saturated carbocycles. The van der Waals surface area contributed by atoms with Gasteiger partial charge in [0.2, 0.25) is 0 Å². The molecule has 0 spiro atoms. The summed E-state index contributed by atoms with van der Waals surface area (Å²) in [6.45, 7) is 3.42. The minimum absolute atomic E-state index is 0.600. The minimum atomic E-state index is -1.11. The molecule has 0 amide bonds. The Labute approximate surface area is 93.5 Å². The fourth-order valence-electron chi connectivity index (χ4n) is 1.42. The highest BCUT2D eigenvalue weighted by Gasteiger charge is 2.05. The van der Waals surface area contributed by atoms with Gasteiger partial charge in [0.25, 0.3) is 0 Å². The zero-order chi connectivity index (χ0) is 11.4. The number of hydrogen-bond acceptors (Lipinski definition) is 2. The van der Waals surface area contributed by atoms with Crippen LogP contribution < -0.4 is 0 Å². The largest absolute Gasteiger partial charge is 0.261 e. The summed E-state index contributed by atoms with van der Waals surface area (Å²) in [5, 5.41) is 0. The van der Waals surface area contributed by atoms with E-state index in [9.17, 15) is 4.39 Å². The first kappa shape index (κ1) is 10.5. The number of benzene rings is 1. The lowest BCUT2D eigenvalue weighted by atomic mass is 10.1. The molecule has 1 heterocycles. The first-order valence-electron chi connectivity index (χ1n) is 4.94. The van der Waals surface area contributed by atoms with Crippen molar-refractivity contribution in [2.45, 2.75) is 6.17 Å². The van der Waals surface area contributed by atoms with Gasteiger partial charge in [0.1, 0.15) is 6.17 Å². The van der Waals surface area contributed by atoms with E-state index in [2.05, 4.69) is 16.5 Å². The molecule has 1 unspecified atom stereocenters. The molecule has 1 aromatic heterocycles. The van der Waals surface area contributed by atoms with Crippen molar-refractivity contribution in [2.24, 2.45) is 0 Å². The number of allylic oxidation sites excluding steroid dienone is 1. The fraction of sp³-hybridized carbons (Fsp3) is 0.0769. The topological polar surface area (TPSA) is 25.8 Å². The molecular formula is C13H11FN2. The van der Waals surface area contributed by atoms with E-state index >= 15 is 0 Å². The molecule has 2 rings (SSSR count). The number of alkyl halides is 1. The number of aromatic nitrogens is 2. The quantitative estimate of drug-likeness (QED) is 0.732. The summed E-state index contributed by atoms with van der Waals surface area (Å²) in [7, 11) is 0. The lowest BCUT2D eigenvalue weighted by Crippen LogP contribution is -1.88. The Bertz CT molecular complexity index is 465. The predicted molar refractivity (Wildman–Crippen MR) is 61.5 cm³/mol. The molecule has 0 saturated heterocycles. The molecule has 0 N–H and O–H groups in total. The SMILES string of the molecule is C=CC(F)c1ccc(-c2cnccn2)cc1. The van der Waals surface area contributed by atoms with Crippen molar-refractivity contribution in [3.63, 3.8) is 0 Å². The van der Waals surface area contributed by atoms with Crippen LogP contribution in [-0.2, 0) is 0 Å². The maximum atomic E-state index is 13.3. The highest BCUT2D eigenvalue weighted by molar-refractivity contribution is 5.58. The van der Waals surface area contributed by atoms with Gasteiger partial charge >= 0.3 is 0 Å². The van der Waals surface area contributed by atoms with Crippen LogP contribution in [0.2, 0.25) is 0 Å². The van der Waals surface area contributed by atoms with Crippen LogP contribution in [0.15, 0.2) is 55.5 Å². The van der Waals surface area contributed by atoms with E-state index < -0.39 is 6.17 Å². The van der Waals surface area contributed by atoms with Gasteiger partial charge < -0.3 is 0 Å². The normalized spacial score (nSPS) is 12.1. The van der Waals surface area contributed by atoms with Gasteiger partial charge in [0.05, 0.1) is 11.9 Å². The third-order valence-electron chi connectivity index (χ3n) is 2.30. The lowest BCUT2D eigenvalue weighted by Gasteiger charge is -2.04. The number of nitrogens with zero attached hydrogens (tertiary/aromatic N) is 2. The van der Waals surface area contributed by atoms with Crippen LogP contribution in [0.4, 0.5) is 4.39 Å². The molecule has 2 nitrogen and oxygen atoms in total. The Morgan fingerprint density at radius 2 is 1.94 bits per heavy atom. The van der Waals surface area contributed by atoms with Crippen molar-refractivity contribution in [3.8, 4) is 11.3 Å².